The van der Waals surface area contributed by atoms with Gasteiger partial charge in [-0.15, -0.1) is 0 Å². The molecule has 138 valence electrons. The second kappa shape index (κ2) is 8.38. The lowest BCUT2D eigenvalue weighted by Gasteiger charge is -2.11. The Morgan fingerprint density at radius 3 is 2.58 bits per heavy atom. The number of hydrogen-bond donors (Lipinski definition) is 2. The third kappa shape index (κ3) is 4.99. The number of aromatic hydroxyl groups is 2. The van der Waals surface area contributed by atoms with Crippen LogP contribution in [0.15, 0.2) is 36.4 Å². The molecule has 0 bridgehead atoms. The molecule has 2 aromatic carbocycles. The van der Waals surface area contributed by atoms with Crippen molar-refractivity contribution >= 4 is 12.2 Å². The van der Waals surface area contributed by atoms with Gasteiger partial charge >= 0.3 is 5.97 Å². The van der Waals surface area contributed by atoms with Crippen molar-refractivity contribution in [3.05, 3.63) is 58.3 Å². The van der Waals surface area contributed by atoms with Gasteiger partial charge in [0, 0.05) is 6.07 Å². The minimum absolute atomic E-state index is 0.0161. The summed E-state index contributed by atoms with van der Waals surface area (Å²) in [5.41, 5.74) is 1.66. The lowest BCUT2D eigenvalue weighted by atomic mass is 10.1. The summed E-state index contributed by atoms with van der Waals surface area (Å²) >= 11 is 0. The van der Waals surface area contributed by atoms with Gasteiger partial charge in [0.05, 0.1) is 17.0 Å². The molecule has 0 heterocycles. The summed E-state index contributed by atoms with van der Waals surface area (Å²) in [5, 5.41) is 32.1. The Balaban J connectivity index is 2.12. The Morgan fingerprint density at radius 1 is 1.23 bits per heavy atom. The standard InChI is InChI=1S/C20H23NO5/c1-4-14(3)20(24)26-17-8-7-16(19(23)10-17)12-21(25)11-15-6-5-13(2)9-18(15)22/h5-11,14,22-23H,4,12H2,1-3H3/b21-11-. The van der Waals surface area contributed by atoms with Crippen molar-refractivity contribution in [1.82, 2.24) is 0 Å². The van der Waals surface area contributed by atoms with E-state index in [1.165, 1.54) is 24.4 Å². The highest BCUT2D eigenvalue weighted by Crippen LogP contribution is 2.25. The number of ether oxygens (including phenoxy) is 1. The molecule has 0 aliphatic carbocycles. The van der Waals surface area contributed by atoms with Gasteiger partial charge in [-0.05, 0) is 43.2 Å². The molecular formula is C20H23NO5. The molecule has 0 radical (unpaired) electrons. The molecule has 0 spiro atoms. The normalized spacial score (nSPS) is 12.7. The number of rotatable bonds is 6. The number of phenolic OH excluding ortho intramolecular Hbond substituents is 2. The molecule has 1 unspecified atom stereocenters. The van der Waals surface area contributed by atoms with E-state index in [-0.39, 0.29) is 35.7 Å². The summed E-state index contributed by atoms with van der Waals surface area (Å²) in [7, 11) is 0. The van der Waals surface area contributed by atoms with Gasteiger partial charge < -0.3 is 20.2 Å². The Bertz CT molecular complexity index is 829. The maximum atomic E-state index is 12.1. The first-order valence-electron chi connectivity index (χ1n) is 8.42. The fourth-order valence-corrected chi connectivity index (χ4v) is 2.26. The predicted octanol–water partition coefficient (Wildman–Crippen LogP) is 3.49. The van der Waals surface area contributed by atoms with Crippen molar-refractivity contribution in [2.24, 2.45) is 5.92 Å². The number of nitrogens with zero attached hydrogens (tertiary/aromatic N) is 1. The summed E-state index contributed by atoms with van der Waals surface area (Å²) in [6.07, 6.45) is 1.92. The Hall–Kier alpha value is -3.02. The first-order chi connectivity index (χ1) is 12.3. The number of hydrogen-bond acceptors (Lipinski definition) is 5. The zero-order valence-corrected chi connectivity index (χ0v) is 15.1. The van der Waals surface area contributed by atoms with Crippen LogP contribution in [0.5, 0.6) is 17.2 Å². The molecule has 0 aromatic heterocycles. The summed E-state index contributed by atoms with van der Waals surface area (Å²) in [6.45, 7) is 5.38. The van der Waals surface area contributed by atoms with Crippen LogP contribution in [-0.2, 0) is 11.3 Å². The molecule has 2 aromatic rings. The van der Waals surface area contributed by atoms with Crippen LogP contribution in [0.3, 0.4) is 0 Å². The van der Waals surface area contributed by atoms with E-state index in [1.54, 1.807) is 25.1 Å². The highest BCUT2D eigenvalue weighted by molar-refractivity contribution is 5.80. The molecule has 0 amide bonds. The number of esters is 1. The highest BCUT2D eigenvalue weighted by Gasteiger charge is 2.15. The van der Waals surface area contributed by atoms with E-state index in [0.29, 0.717) is 22.3 Å². The average Bonchev–Trinajstić information content (AvgIpc) is 2.59. The van der Waals surface area contributed by atoms with E-state index < -0.39 is 0 Å². The molecule has 0 aliphatic heterocycles. The summed E-state index contributed by atoms with van der Waals surface area (Å²) in [4.78, 5) is 11.8. The SMILES string of the molecule is CCC(C)C(=O)Oc1ccc(C/[N+]([O-])=C/c2ccc(C)cc2O)c(O)c1. The molecule has 0 saturated heterocycles. The van der Waals surface area contributed by atoms with Gasteiger partial charge in [0.1, 0.15) is 17.2 Å². The van der Waals surface area contributed by atoms with Gasteiger partial charge in [0.25, 0.3) is 0 Å². The van der Waals surface area contributed by atoms with E-state index in [9.17, 15) is 20.2 Å². The van der Waals surface area contributed by atoms with E-state index in [4.69, 9.17) is 4.74 Å². The maximum absolute atomic E-state index is 12.1. The van der Waals surface area contributed by atoms with Crippen LogP contribution in [0.25, 0.3) is 0 Å². The second-order valence-corrected chi connectivity index (χ2v) is 6.29. The van der Waals surface area contributed by atoms with Gasteiger partial charge in [-0.2, -0.15) is 0 Å². The molecule has 1 atom stereocenters. The van der Waals surface area contributed by atoms with Crippen LogP contribution in [0.1, 0.15) is 37.0 Å². The molecule has 6 nitrogen and oxygen atoms in total. The minimum atomic E-state index is -0.367. The van der Waals surface area contributed by atoms with Crippen LogP contribution < -0.4 is 4.74 Å². The molecule has 0 fully saturated rings. The first-order valence-corrected chi connectivity index (χ1v) is 8.42. The van der Waals surface area contributed by atoms with E-state index >= 15 is 0 Å². The first kappa shape index (κ1) is 19.3. The van der Waals surface area contributed by atoms with Gasteiger partial charge in [0.15, 0.2) is 12.8 Å². The molecule has 26 heavy (non-hydrogen) atoms. The van der Waals surface area contributed by atoms with Gasteiger partial charge in [-0.3, -0.25) is 4.79 Å². The maximum Gasteiger partial charge on any atom is 0.314 e. The average molecular weight is 357 g/mol. The zero-order chi connectivity index (χ0) is 19.3. The molecule has 2 N–H and O–H groups in total. The molecule has 0 aliphatic rings. The van der Waals surface area contributed by atoms with Crippen LogP contribution in [0, 0.1) is 18.0 Å². The lowest BCUT2D eigenvalue weighted by Crippen LogP contribution is -2.17. The van der Waals surface area contributed by atoms with Gasteiger partial charge in [0.2, 0.25) is 0 Å². The second-order valence-electron chi connectivity index (χ2n) is 6.29. The van der Waals surface area contributed by atoms with Crippen LogP contribution >= 0.6 is 0 Å². The highest BCUT2D eigenvalue weighted by atomic mass is 16.5. The zero-order valence-electron chi connectivity index (χ0n) is 15.1. The third-order valence-electron chi connectivity index (χ3n) is 4.09. The summed E-state index contributed by atoms with van der Waals surface area (Å²) in [6, 6.07) is 9.38. The fourth-order valence-electron chi connectivity index (χ4n) is 2.26. The van der Waals surface area contributed by atoms with Gasteiger partial charge in [-0.1, -0.05) is 19.9 Å². The van der Waals surface area contributed by atoms with Crippen molar-refractivity contribution in [1.29, 1.82) is 0 Å². The number of hydroxylamine groups is 1. The number of aryl methyl sites for hydroxylation is 1. The Kier molecular flexibility index (Phi) is 6.22. The van der Waals surface area contributed by atoms with Crippen molar-refractivity contribution < 1.29 is 24.5 Å². The summed E-state index contributed by atoms with van der Waals surface area (Å²) in [5.74, 6) is -0.489. The van der Waals surface area contributed by atoms with Crippen molar-refractivity contribution in [2.45, 2.75) is 33.7 Å². The van der Waals surface area contributed by atoms with Gasteiger partial charge in [-0.25, -0.2) is 4.74 Å². The number of benzene rings is 2. The molecular weight excluding hydrogens is 334 g/mol. The van der Waals surface area contributed by atoms with E-state index in [0.717, 1.165) is 5.56 Å². The fraction of sp³-hybridized carbons (Fsp3) is 0.300. The monoisotopic (exact) mass is 357 g/mol. The lowest BCUT2D eigenvalue weighted by molar-refractivity contribution is -0.469. The van der Waals surface area contributed by atoms with Crippen molar-refractivity contribution in [2.75, 3.05) is 0 Å². The van der Waals surface area contributed by atoms with E-state index in [1.807, 2.05) is 13.8 Å². The minimum Gasteiger partial charge on any atom is -0.624 e. The van der Waals surface area contributed by atoms with Crippen LogP contribution in [0.2, 0.25) is 0 Å². The van der Waals surface area contributed by atoms with Crippen molar-refractivity contribution in [3.8, 4) is 17.2 Å². The summed E-state index contributed by atoms with van der Waals surface area (Å²) < 4.78 is 5.81. The largest absolute Gasteiger partial charge is 0.624 e. The number of phenols is 2. The quantitative estimate of drug-likeness (QED) is 0.206. The van der Waals surface area contributed by atoms with Crippen molar-refractivity contribution in [3.63, 3.8) is 0 Å². The topological polar surface area (TPSA) is 92.8 Å². The Morgan fingerprint density at radius 2 is 1.96 bits per heavy atom. The number of carbonyl (C=O) groups excluding carboxylic acids is 1. The Labute approximate surface area is 152 Å². The smallest absolute Gasteiger partial charge is 0.314 e. The van der Waals surface area contributed by atoms with Crippen LogP contribution in [-0.4, -0.2) is 27.1 Å². The molecule has 0 saturated carbocycles. The third-order valence-corrected chi connectivity index (χ3v) is 4.09. The predicted molar refractivity (Wildman–Crippen MR) is 98.5 cm³/mol. The van der Waals surface area contributed by atoms with E-state index in [2.05, 4.69) is 0 Å². The molecule has 2 rings (SSSR count). The molecule has 6 heteroatoms. The number of carbonyl (C=O) groups is 1. The van der Waals surface area contributed by atoms with Crippen LogP contribution in [0.4, 0.5) is 0 Å².